The van der Waals surface area contributed by atoms with E-state index in [9.17, 15) is 4.79 Å². The van der Waals surface area contributed by atoms with Crippen LogP contribution >= 0.6 is 11.8 Å². The van der Waals surface area contributed by atoms with Gasteiger partial charge >= 0.3 is 0 Å². The van der Waals surface area contributed by atoms with Crippen LogP contribution in [0.3, 0.4) is 0 Å². The first-order valence-electron chi connectivity index (χ1n) is 5.54. The van der Waals surface area contributed by atoms with E-state index in [2.05, 4.69) is 17.2 Å². The van der Waals surface area contributed by atoms with E-state index in [-0.39, 0.29) is 5.91 Å². The average molecular weight is 257 g/mol. The Morgan fingerprint density at radius 3 is 2.88 bits per heavy atom. The third-order valence-electron chi connectivity index (χ3n) is 2.83. The zero-order valence-electron chi connectivity index (χ0n) is 9.80. The van der Waals surface area contributed by atoms with Gasteiger partial charge in [-0.1, -0.05) is 11.8 Å². The van der Waals surface area contributed by atoms with Gasteiger partial charge in [0.05, 0.1) is 39.0 Å². The second-order valence-electron chi connectivity index (χ2n) is 4.15. The number of carbonyl (C=O) groups is 1. The van der Waals surface area contributed by atoms with E-state index >= 15 is 0 Å². The number of amides is 1. The van der Waals surface area contributed by atoms with Crippen molar-refractivity contribution in [3.63, 3.8) is 0 Å². The molecular formula is C9H17N6OS+. The Bertz CT molecular complexity index is 387. The summed E-state index contributed by atoms with van der Waals surface area (Å²) in [5.41, 5.74) is 0. The number of nitrogens with two attached hydrogens (primary N) is 1. The number of nitrogens with zero attached hydrogens (tertiary/aromatic N) is 4. The number of carbonyl (C=O) groups excluding carboxylic acids is 1. The van der Waals surface area contributed by atoms with E-state index < -0.39 is 0 Å². The number of quaternary nitrogens is 1. The molecule has 1 saturated heterocycles. The van der Waals surface area contributed by atoms with Crippen molar-refractivity contribution in [3.05, 3.63) is 6.33 Å². The molecule has 7 nitrogen and oxygen atoms in total. The molecule has 0 aromatic carbocycles. The monoisotopic (exact) mass is 257 g/mol. The van der Waals surface area contributed by atoms with Gasteiger partial charge in [-0.2, -0.15) is 0 Å². The predicted molar refractivity (Wildman–Crippen MR) is 64.1 cm³/mol. The molecule has 0 atom stereocenters. The molecule has 1 fully saturated rings. The molecule has 94 valence electrons. The van der Waals surface area contributed by atoms with Crippen LogP contribution in [0.25, 0.3) is 0 Å². The molecule has 3 N–H and O–H groups in total. The van der Waals surface area contributed by atoms with Gasteiger partial charge in [0.2, 0.25) is 11.1 Å². The number of piperazine rings is 1. The highest BCUT2D eigenvalue weighted by molar-refractivity contribution is 7.99. The molecule has 2 rings (SSSR count). The van der Waals surface area contributed by atoms with Crippen molar-refractivity contribution in [2.24, 2.45) is 0 Å². The highest BCUT2D eigenvalue weighted by atomic mass is 32.2. The molecule has 1 aliphatic heterocycles. The SMILES string of the molecule is C[NH+]1CCN(C(=O)CSc2nncn2N)CC1. The molecule has 1 amide bonds. The average Bonchev–Trinajstić information content (AvgIpc) is 2.73. The second kappa shape index (κ2) is 5.37. The zero-order chi connectivity index (χ0) is 12.3. The lowest BCUT2D eigenvalue weighted by atomic mass is 10.3. The van der Waals surface area contributed by atoms with Gasteiger partial charge < -0.3 is 15.6 Å². The molecule has 0 spiro atoms. The maximum absolute atomic E-state index is 11.9. The number of hydrogen-bond acceptors (Lipinski definition) is 5. The van der Waals surface area contributed by atoms with Crippen molar-refractivity contribution in [3.8, 4) is 0 Å². The van der Waals surface area contributed by atoms with Crippen LogP contribution in [0.15, 0.2) is 11.5 Å². The van der Waals surface area contributed by atoms with Crippen LogP contribution in [0, 0.1) is 0 Å². The van der Waals surface area contributed by atoms with Gasteiger partial charge in [-0.3, -0.25) is 4.79 Å². The summed E-state index contributed by atoms with van der Waals surface area (Å²) >= 11 is 1.32. The number of hydrogen-bond donors (Lipinski definition) is 2. The van der Waals surface area contributed by atoms with Crippen LogP contribution in [0.1, 0.15) is 0 Å². The molecule has 1 aromatic rings. The number of likely N-dealkylation sites (N-methyl/N-ethyl adjacent to an activating group) is 1. The van der Waals surface area contributed by atoms with Crippen molar-refractivity contribution < 1.29 is 9.69 Å². The number of nitrogen functional groups attached to an aromatic ring is 1. The fraction of sp³-hybridized carbons (Fsp3) is 0.667. The van der Waals surface area contributed by atoms with E-state index in [1.165, 1.54) is 27.7 Å². The lowest BCUT2D eigenvalue weighted by molar-refractivity contribution is -0.883. The minimum absolute atomic E-state index is 0.144. The smallest absolute Gasteiger partial charge is 0.233 e. The Hall–Kier alpha value is -1.28. The first-order chi connectivity index (χ1) is 8.16. The van der Waals surface area contributed by atoms with Gasteiger partial charge in [-0.15, -0.1) is 10.2 Å². The fourth-order valence-corrected chi connectivity index (χ4v) is 2.43. The number of rotatable bonds is 3. The Morgan fingerprint density at radius 1 is 1.59 bits per heavy atom. The summed E-state index contributed by atoms with van der Waals surface area (Å²) in [4.78, 5) is 15.3. The second-order valence-corrected chi connectivity index (χ2v) is 5.09. The zero-order valence-corrected chi connectivity index (χ0v) is 10.6. The normalized spacial score (nSPS) is 17.4. The highest BCUT2D eigenvalue weighted by Crippen LogP contribution is 2.13. The predicted octanol–water partition coefficient (Wildman–Crippen LogP) is -2.56. The van der Waals surface area contributed by atoms with E-state index in [1.54, 1.807) is 0 Å². The minimum atomic E-state index is 0.144. The summed E-state index contributed by atoms with van der Waals surface area (Å²) in [5.74, 6) is 6.08. The Morgan fingerprint density at radius 2 is 2.29 bits per heavy atom. The van der Waals surface area contributed by atoms with E-state index in [0.717, 1.165) is 26.2 Å². The molecule has 0 unspecified atom stereocenters. The maximum Gasteiger partial charge on any atom is 0.233 e. The summed E-state index contributed by atoms with van der Waals surface area (Å²) < 4.78 is 1.33. The lowest BCUT2D eigenvalue weighted by Gasteiger charge is -2.29. The van der Waals surface area contributed by atoms with Crippen molar-refractivity contribution in [1.29, 1.82) is 0 Å². The highest BCUT2D eigenvalue weighted by Gasteiger charge is 2.21. The molecule has 2 heterocycles. The van der Waals surface area contributed by atoms with Crippen LogP contribution in [0.4, 0.5) is 0 Å². The molecule has 8 heteroatoms. The van der Waals surface area contributed by atoms with Gasteiger partial charge in [0.25, 0.3) is 0 Å². The van der Waals surface area contributed by atoms with Crippen LogP contribution < -0.4 is 10.7 Å². The van der Waals surface area contributed by atoms with Gasteiger partial charge in [-0.25, -0.2) is 4.68 Å². The molecule has 0 saturated carbocycles. The van der Waals surface area contributed by atoms with Gasteiger partial charge in [0, 0.05) is 0 Å². The molecule has 1 aromatic heterocycles. The van der Waals surface area contributed by atoms with E-state index in [4.69, 9.17) is 5.84 Å². The van der Waals surface area contributed by atoms with Gasteiger partial charge in [-0.05, 0) is 0 Å². The largest absolute Gasteiger partial charge is 0.336 e. The Balaban J connectivity index is 1.80. The maximum atomic E-state index is 11.9. The molecule has 0 radical (unpaired) electrons. The lowest BCUT2D eigenvalue weighted by Crippen LogP contribution is -3.12. The molecule has 0 aliphatic carbocycles. The number of aromatic nitrogens is 3. The van der Waals surface area contributed by atoms with Crippen LogP contribution in [0.2, 0.25) is 0 Å². The fourth-order valence-electron chi connectivity index (χ4n) is 1.69. The first kappa shape index (κ1) is 12.2. The van der Waals surface area contributed by atoms with Crippen molar-refractivity contribution in [2.75, 3.05) is 44.8 Å². The molecule has 1 aliphatic rings. The number of nitrogens with one attached hydrogen (secondary N) is 1. The van der Waals surface area contributed by atoms with Crippen molar-refractivity contribution in [2.45, 2.75) is 5.16 Å². The van der Waals surface area contributed by atoms with Crippen molar-refractivity contribution >= 4 is 17.7 Å². The van der Waals surface area contributed by atoms with Crippen molar-refractivity contribution in [1.82, 2.24) is 19.8 Å². The van der Waals surface area contributed by atoms with Crippen LogP contribution in [-0.4, -0.2) is 64.7 Å². The number of thioether (sulfide) groups is 1. The van der Waals surface area contributed by atoms with Gasteiger partial charge in [0.15, 0.2) is 0 Å². The van der Waals surface area contributed by atoms with E-state index in [0.29, 0.717) is 10.9 Å². The van der Waals surface area contributed by atoms with E-state index in [1.807, 2.05) is 4.90 Å². The summed E-state index contributed by atoms with van der Waals surface area (Å²) in [6, 6.07) is 0. The molecule has 17 heavy (non-hydrogen) atoms. The quantitative estimate of drug-likeness (QED) is 0.460. The third-order valence-corrected chi connectivity index (χ3v) is 3.78. The third kappa shape index (κ3) is 3.10. The Kier molecular flexibility index (Phi) is 3.85. The topological polar surface area (TPSA) is 81.5 Å². The molecular weight excluding hydrogens is 240 g/mol. The minimum Gasteiger partial charge on any atom is -0.336 e. The summed E-state index contributed by atoms with van der Waals surface area (Å²) in [6.45, 7) is 3.70. The molecule has 0 bridgehead atoms. The first-order valence-corrected chi connectivity index (χ1v) is 6.52. The standard InChI is InChI=1S/C9H16N6OS/c1-13-2-4-14(5-3-13)8(16)6-17-9-12-11-7-15(9)10/h7H,2-6,10H2,1H3/p+1. The van der Waals surface area contributed by atoms with Crippen LogP contribution in [-0.2, 0) is 4.79 Å². The van der Waals surface area contributed by atoms with Crippen LogP contribution in [0.5, 0.6) is 0 Å². The Labute approximate surface area is 104 Å². The summed E-state index contributed by atoms with van der Waals surface area (Å²) in [7, 11) is 2.15. The summed E-state index contributed by atoms with van der Waals surface area (Å²) in [6.07, 6.45) is 1.42. The van der Waals surface area contributed by atoms with Gasteiger partial charge in [0.1, 0.15) is 6.33 Å². The summed E-state index contributed by atoms with van der Waals surface area (Å²) in [5, 5.41) is 8.05.